The molecular formula is C19H26F2IN3O3. The highest BCUT2D eigenvalue weighted by molar-refractivity contribution is 14.0. The Labute approximate surface area is 180 Å². The Morgan fingerprint density at radius 1 is 1.25 bits per heavy atom. The number of ether oxygens (including phenoxy) is 2. The van der Waals surface area contributed by atoms with Gasteiger partial charge in [-0.1, -0.05) is 6.92 Å². The van der Waals surface area contributed by atoms with Crippen molar-refractivity contribution in [1.29, 1.82) is 0 Å². The molecule has 2 rings (SSSR count). The van der Waals surface area contributed by atoms with E-state index in [1.54, 1.807) is 25.4 Å². The van der Waals surface area contributed by atoms with Gasteiger partial charge in [0, 0.05) is 38.2 Å². The minimum absolute atomic E-state index is 0. The molecule has 0 saturated carbocycles. The number of rotatable bonds is 10. The molecule has 0 radical (unpaired) electrons. The Hall–Kier alpha value is -2.04. The lowest BCUT2D eigenvalue weighted by molar-refractivity contribution is -0.0505. The van der Waals surface area contributed by atoms with Gasteiger partial charge in [0.2, 0.25) is 0 Å². The molecule has 9 heteroatoms. The summed E-state index contributed by atoms with van der Waals surface area (Å²) in [6.45, 7) is 0.474. The molecule has 0 aliphatic heterocycles. The van der Waals surface area contributed by atoms with Crippen LogP contribution in [0.15, 0.2) is 46.0 Å². The van der Waals surface area contributed by atoms with Crippen molar-refractivity contribution in [2.45, 2.75) is 32.9 Å². The second-order valence-corrected chi connectivity index (χ2v) is 5.68. The van der Waals surface area contributed by atoms with Crippen LogP contribution in [0.2, 0.25) is 0 Å². The van der Waals surface area contributed by atoms with E-state index in [0.717, 1.165) is 12.2 Å². The molecule has 156 valence electrons. The van der Waals surface area contributed by atoms with E-state index < -0.39 is 6.61 Å². The summed E-state index contributed by atoms with van der Waals surface area (Å²) in [4.78, 5) is 4.12. The zero-order chi connectivity index (χ0) is 19.5. The highest BCUT2D eigenvalue weighted by atomic mass is 127. The van der Waals surface area contributed by atoms with Crippen molar-refractivity contribution in [2.24, 2.45) is 4.99 Å². The Morgan fingerprint density at radius 3 is 2.71 bits per heavy atom. The SMILES string of the molecule is CCCOc1ccc(CNC(=NC)NCCc2ccco2)c(OC(F)F)c1.I. The van der Waals surface area contributed by atoms with Gasteiger partial charge < -0.3 is 24.5 Å². The Morgan fingerprint density at radius 2 is 2.07 bits per heavy atom. The summed E-state index contributed by atoms with van der Waals surface area (Å²) in [6.07, 6.45) is 3.16. The van der Waals surface area contributed by atoms with Crippen molar-refractivity contribution < 1.29 is 22.7 Å². The largest absolute Gasteiger partial charge is 0.493 e. The van der Waals surface area contributed by atoms with Crippen molar-refractivity contribution in [3.63, 3.8) is 0 Å². The lowest BCUT2D eigenvalue weighted by Crippen LogP contribution is -2.37. The number of guanidine groups is 1. The van der Waals surface area contributed by atoms with Crippen LogP contribution in [0.1, 0.15) is 24.7 Å². The zero-order valence-corrected chi connectivity index (χ0v) is 18.2. The number of hydrogen-bond acceptors (Lipinski definition) is 4. The van der Waals surface area contributed by atoms with E-state index in [4.69, 9.17) is 9.15 Å². The van der Waals surface area contributed by atoms with E-state index in [0.29, 0.717) is 36.8 Å². The summed E-state index contributed by atoms with van der Waals surface area (Å²) >= 11 is 0. The van der Waals surface area contributed by atoms with Gasteiger partial charge in [-0.15, -0.1) is 24.0 Å². The first-order valence-electron chi connectivity index (χ1n) is 8.79. The molecule has 28 heavy (non-hydrogen) atoms. The molecule has 2 aromatic rings. The molecule has 0 atom stereocenters. The van der Waals surface area contributed by atoms with Crippen molar-refractivity contribution in [3.05, 3.63) is 47.9 Å². The Bertz CT molecular complexity index is 712. The maximum Gasteiger partial charge on any atom is 0.387 e. The van der Waals surface area contributed by atoms with Gasteiger partial charge in [0.1, 0.15) is 17.3 Å². The van der Waals surface area contributed by atoms with Crippen LogP contribution < -0.4 is 20.1 Å². The first-order chi connectivity index (χ1) is 13.1. The number of hydrogen-bond donors (Lipinski definition) is 2. The minimum atomic E-state index is -2.91. The second-order valence-electron chi connectivity index (χ2n) is 5.68. The van der Waals surface area contributed by atoms with Gasteiger partial charge in [-0.25, -0.2) is 0 Å². The molecule has 0 saturated heterocycles. The highest BCUT2D eigenvalue weighted by Gasteiger charge is 2.12. The molecule has 1 aromatic heterocycles. The van der Waals surface area contributed by atoms with Crippen LogP contribution in [0.4, 0.5) is 8.78 Å². The average Bonchev–Trinajstić information content (AvgIpc) is 3.16. The van der Waals surface area contributed by atoms with Crippen molar-refractivity contribution in [1.82, 2.24) is 10.6 Å². The maximum atomic E-state index is 12.7. The third-order valence-electron chi connectivity index (χ3n) is 3.64. The fourth-order valence-electron chi connectivity index (χ4n) is 2.35. The van der Waals surface area contributed by atoms with E-state index >= 15 is 0 Å². The summed E-state index contributed by atoms with van der Waals surface area (Å²) in [6, 6.07) is 8.64. The van der Waals surface area contributed by atoms with Gasteiger partial charge in [0.25, 0.3) is 0 Å². The minimum Gasteiger partial charge on any atom is -0.493 e. The molecule has 0 fully saturated rings. The van der Waals surface area contributed by atoms with Gasteiger partial charge in [-0.2, -0.15) is 8.78 Å². The topological polar surface area (TPSA) is 68.0 Å². The van der Waals surface area contributed by atoms with Crippen LogP contribution >= 0.6 is 24.0 Å². The van der Waals surface area contributed by atoms with Gasteiger partial charge in [0.15, 0.2) is 5.96 Å². The zero-order valence-electron chi connectivity index (χ0n) is 15.9. The highest BCUT2D eigenvalue weighted by Crippen LogP contribution is 2.26. The van der Waals surface area contributed by atoms with Gasteiger partial charge in [-0.3, -0.25) is 4.99 Å². The van der Waals surface area contributed by atoms with Gasteiger partial charge in [0.05, 0.1) is 12.9 Å². The first kappa shape index (κ1) is 24.0. The maximum absolute atomic E-state index is 12.7. The molecule has 1 aromatic carbocycles. The molecule has 0 bridgehead atoms. The summed E-state index contributed by atoms with van der Waals surface area (Å²) in [5.41, 5.74) is 0.577. The summed E-state index contributed by atoms with van der Waals surface area (Å²) in [5.74, 6) is 2.00. The standard InChI is InChI=1S/C19H25F2N3O3.HI/c1-3-10-25-16-7-6-14(17(12-16)27-18(20)21)13-24-19(22-2)23-9-8-15-5-4-11-26-15;/h4-7,11-12,18H,3,8-10,13H2,1-2H3,(H2,22,23,24);1H. The van der Waals surface area contributed by atoms with Crippen molar-refractivity contribution >= 4 is 29.9 Å². The predicted molar refractivity (Wildman–Crippen MR) is 115 cm³/mol. The Kier molecular flexibility index (Phi) is 11.3. The number of nitrogens with zero attached hydrogens (tertiary/aromatic N) is 1. The third-order valence-corrected chi connectivity index (χ3v) is 3.64. The lowest BCUT2D eigenvalue weighted by atomic mass is 10.2. The van der Waals surface area contributed by atoms with Crippen LogP contribution in [0.25, 0.3) is 0 Å². The van der Waals surface area contributed by atoms with Gasteiger partial charge in [-0.05, 0) is 30.7 Å². The fourth-order valence-corrected chi connectivity index (χ4v) is 2.35. The summed E-state index contributed by atoms with van der Waals surface area (Å²) in [5, 5.41) is 6.23. The number of benzene rings is 1. The third kappa shape index (κ3) is 8.32. The summed E-state index contributed by atoms with van der Waals surface area (Å²) in [7, 11) is 1.64. The quantitative estimate of drug-likeness (QED) is 0.286. The average molecular weight is 509 g/mol. The van der Waals surface area contributed by atoms with Crippen LogP contribution in [0.5, 0.6) is 11.5 Å². The van der Waals surface area contributed by atoms with Gasteiger partial charge >= 0.3 is 6.61 Å². The molecule has 2 N–H and O–H groups in total. The van der Waals surface area contributed by atoms with E-state index in [1.165, 1.54) is 6.07 Å². The normalized spacial score (nSPS) is 11.1. The number of alkyl halides is 2. The molecule has 0 aliphatic carbocycles. The smallest absolute Gasteiger partial charge is 0.387 e. The second kappa shape index (κ2) is 13.2. The number of halogens is 3. The van der Waals surface area contributed by atoms with E-state index in [1.807, 2.05) is 19.1 Å². The van der Waals surface area contributed by atoms with E-state index in [9.17, 15) is 8.78 Å². The molecule has 0 amide bonds. The Balaban J connectivity index is 0.00000392. The van der Waals surface area contributed by atoms with Crippen LogP contribution in [0, 0.1) is 0 Å². The first-order valence-corrected chi connectivity index (χ1v) is 8.79. The molecule has 0 aliphatic rings. The molecule has 6 nitrogen and oxygen atoms in total. The molecule has 0 unspecified atom stereocenters. The van der Waals surface area contributed by atoms with Crippen molar-refractivity contribution in [2.75, 3.05) is 20.2 Å². The predicted octanol–water partition coefficient (Wildman–Crippen LogP) is 4.20. The monoisotopic (exact) mass is 509 g/mol. The van der Waals surface area contributed by atoms with E-state index in [-0.39, 0.29) is 36.3 Å². The van der Waals surface area contributed by atoms with Crippen molar-refractivity contribution in [3.8, 4) is 11.5 Å². The number of nitrogens with one attached hydrogen (secondary N) is 2. The molecule has 0 spiro atoms. The summed E-state index contributed by atoms with van der Waals surface area (Å²) < 4.78 is 40.8. The lowest BCUT2D eigenvalue weighted by Gasteiger charge is -2.15. The number of furan rings is 1. The molecular weight excluding hydrogens is 483 g/mol. The van der Waals surface area contributed by atoms with Crippen LogP contribution in [0.3, 0.4) is 0 Å². The van der Waals surface area contributed by atoms with Crippen LogP contribution in [-0.4, -0.2) is 32.8 Å². The van der Waals surface area contributed by atoms with E-state index in [2.05, 4.69) is 20.4 Å². The fraction of sp³-hybridized carbons (Fsp3) is 0.421. The van der Waals surface area contributed by atoms with Crippen LogP contribution in [-0.2, 0) is 13.0 Å². The number of aliphatic imine (C=N–C) groups is 1. The molecule has 1 heterocycles.